The molecule has 0 unspecified atom stereocenters. The molecule has 130 valence electrons. The highest BCUT2D eigenvalue weighted by Crippen LogP contribution is 2.24. The van der Waals surface area contributed by atoms with Crippen molar-refractivity contribution in [3.63, 3.8) is 0 Å². The SMILES string of the molecule is Cc1ccc([C@H](C)NC(=O)c2cc(-c3ccc4[nH]ncc4c3)on2)cc1. The summed E-state index contributed by atoms with van der Waals surface area (Å²) in [6.07, 6.45) is 1.74. The average Bonchev–Trinajstić information content (AvgIpc) is 3.31. The van der Waals surface area contributed by atoms with E-state index in [1.165, 1.54) is 5.56 Å². The van der Waals surface area contributed by atoms with Crippen LogP contribution in [0.4, 0.5) is 0 Å². The van der Waals surface area contributed by atoms with Crippen LogP contribution in [0.1, 0.15) is 34.6 Å². The van der Waals surface area contributed by atoms with Crippen molar-refractivity contribution in [2.45, 2.75) is 19.9 Å². The van der Waals surface area contributed by atoms with E-state index in [4.69, 9.17) is 4.52 Å². The van der Waals surface area contributed by atoms with Crippen molar-refractivity contribution in [3.8, 4) is 11.3 Å². The number of rotatable bonds is 4. The van der Waals surface area contributed by atoms with E-state index in [2.05, 4.69) is 20.7 Å². The highest BCUT2D eigenvalue weighted by atomic mass is 16.5. The summed E-state index contributed by atoms with van der Waals surface area (Å²) in [5, 5.41) is 14.7. The molecule has 2 aromatic heterocycles. The lowest BCUT2D eigenvalue weighted by atomic mass is 10.1. The first-order valence-corrected chi connectivity index (χ1v) is 8.38. The monoisotopic (exact) mass is 346 g/mol. The largest absolute Gasteiger partial charge is 0.355 e. The molecule has 2 heterocycles. The van der Waals surface area contributed by atoms with Gasteiger partial charge in [-0.15, -0.1) is 0 Å². The van der Waals surface area contributed by atoms with Gasteiger partial charge in [0, 0.05) is 17.0 Å². The minimum atomic E-state index is -0.266. The van der Waals surface area contributed by atoms with Crippen LogP contribution in [0.3, 0.4) is 0 Å². The van der Waals surface area contributed by atoms with E-state index in [-0.39, 0.29) is 17.6 Å². The number of nitrogens with one attached hydrogen (secondary N) is 2. The lowest BCUT2D eigenvalue weighted by molar-refractivity contribution is 0.0931. The summed E-state index contributed by atoms with van der Waals surface area (Å²) >= 11 is 0. The fraction of sp³-hybridized carbons (Fsp3) is 0.150. The molecule has 4 rings (SSSR count). The van der Waals surface area contributed by atoms with Crippen LogP contribution in [-0.2, 0) is 0 Å². The molecule has 6 heteroatoms. The number of aromatic amines is 1. The van der Waals surface area contributed by atoms with Crippen LogP contribution in [0.25, 0.3) is 22.2 Å². The van der Waals surface area contributed by atoms with Crippen molar-refractivity contribution < 1.29 is 9.32 Å². The van der Waals surface area contributed by atoms with Gasteiger partial charge in [0.1, 0.15) is 0 Å². The van der Waals surface area contributed by atoms with E-state index >= 15 is 0 Å². The van der Waals surface area contributed by atoms with Gasteiger partial charge in [-0.2, -0.15) is 5.10 Å². The molecule has 26 heavy (non-hydrogen) atoms. The highest BCUT2D eigenvalue weighted by Gasteiger charge is 2.17. The van der Waals surface area contributed by atoms with Gasteiger partial charge in [-0.3, -0.25) is 9.89 Å². The van der Waals surface area contributed by atoms with Gasteiger partial charge in [0.2, 0.25) is 0 Å². The Morgan fingerprint density at radius 1 is 1.15 bits per heavy atom. The van der Waals surface area contributed by atoms with Crippen LogP contribution < -0.4 is 5.32 Å². The van der Waals surface area contributed by atoms with Gasteiger partial charge < -0.3 is 9.84 Å². The summed E-state index contributed by atoms with van der Waals surface area (Å²) < 4.78 is 5.36. The second-order valence-electron chi connectivity index (χ2n) is 6.35. The maximum atomic E-state index is 12.5. The molecule has 0 radical (unpaired) electrons. The van der Waals surface area contributed by atoms with Gasteiger partial charge in [-0.05, 0) is 37.6 Å². The van der Waals surface area contributed by atoms with Gasteiger partial charge in [-0.25, -0.2) is 0 Å². The normalized spacial score (nSPS) is 12.2. The van der Waals surface area contributed by atoms with Crippen LogP contribution in [0, 0.1) is 6.92 Å². The third kappa shape index (κ3) is 3.09. The molecule has 6 nitrogen and oxygen atoms in total. The van der Waals surface area contributed by atoms with Crippen LogP contribution in [0.15, 0.2) is 59.3 Å². The second-order valence-corrected chi connectivity index (χ2v) is 6.35. The maximum absolute atomic E-state index is 12.5. The van der Waals surface area contributed by atoms with E-state index < -0.39 is 0 Å². The number of amides is 1. The number of aromatic nitrogens is 3. The van der Waals surface area contributed by atoms with E-state index in [1.807, 2.05) is 56.3 Å². The van der Waals surface area contributed by atoms with Crippen molar-refractivity contribution in [3.05, 3.63) is 71.5 Å². The number of hydrogen-bond donors (Lipinski definition) is 2. The molecule has 4 aromatic rings. The quantitative estimate of drug-likeness (QED) is 0.584. The number of nitrogens with zero attached hydrogens (tertiary/aromatic N) is 2. The Bertz CT molecular complexity index is 1060. The number of aryl methyl sites for hydroxylation is 1. The molecular weight excluding hydrogens is 328 g/mol. The molecule has 0 fully saturated rings. The predicted octanol–water partition coefficient (Wildman–Crippen LogP) is 4.02. The van der Waals surface area contributed by atoms with E-state index in [0.717, 1.165) is 22.0 Å². The molecule has 0 spiro atoms. The Balaban J connectivity index is 1.51. The number of H-pyrrole nitrogens is 1. The number of hydrogen-bond acceptors (Lipinski definition) is 4. The minimum absolute atomic E-state index is 0.120. The van der Waals surface area contributed by atoms with Crippen molar-refractivity contribution in [1.82, 2.24) is 20.7 Å². The molecule has 0 aliphatic heterocycles. The standard InChI is InChI=1S/C20H18N4O2/c1-12-3-5-14(6-4-12)13(2)22-20(25)18-10-19(26-24-18)15-7-8-17-16(9-15)11-21-23-17/h3-11,13H,1-2H3,(H,21,23)(H,22,25)/t13-/m0/s1. The van der Waals surface area contributed by atoms with Gasteiger partial charge in [-0.1, -0.05) is 35.0 Å². The summed E-state index contributed by atoms with van der Waals surface area (Å²) in [7, 11) is 0. The predicted molar refractivity (Wildman–Crippen MR) is 98.7 cm³/mol. The summed E-state index contributed by atoms with van der Waals surface area (Å²) in [5.74, 6) is 0.277. The van der Waals surface area contributed by atoms with Gasteiger partial charge in [0.05, 0.1) is 17.8 Å². The van der Waals surface area contributed by atoms with Crippen molar-refractivity contribution in [1.29, 1.82) is 0 Å². The fourth-order valence-electron chi connectivity index (χ4n) is 2.82. The second kappa shape index (κ2) is 6.48. The topological polar surface area (TPSA) is 83.8 Å². The Morgan fingerprint density at radius 3 is 2.77 bits per heavy atom. The highest BCUT2D eigenvalue weighted by molar-refractivity contribution is 5.93. The molecule has 0 bridgehead atoms. The van der Waals surface area contributed by atoms with E-state index in [0.29, 0.717) is 5.76 Å². The van der Waals surface area contributed by atoms with Crippen molar-refractivity contribution in [2.24, 2.45) is 0 Å². The molecule has 2 N–H and O–H groups in total. The number of fused-ring (bicyclic) bond motifs is 1. The van der Waals surface area contributed by atoms with Gasteiger partial charge in [0.15, 0.2) is 11.5 Å². The van der Waals surface area contributed by atoms with E-state index in [1.54, 1.807) is 12.3 Å². The first-order chi connectivity index (χ1) is 12.6. The molecule has 0 saturated heterocycles. The summed E-state index contributed by atoms with van der Waals surface area (Å²) in [6, 6.07) is 15.4. The van der Waals surface area contributed by atoms with E-state index in [9.17, 15) is 4.79 Å². The Hall–Kier alpha value is -3.41. The first-order valence-electron chi connectivity index (χ1n) is 8.38. The van der Waals surface area contributed by atoms with Crippen LogP contribution in [0.2, 0.25) is 0 Å². The molecule has 0 saturated carbocycles. The molecule has 0 aliphatic carbocycles. The molecular formula is C20H18N4O2. The maximum Gasteiger partial charge on any atom is 0.273 e. The summed E-state index contributed by atoms with van der Waals surface area (Å²) in [5.41, 5.74) is 4.27. The smallest absolute Gasteiger partial charge is 0.273 e. The Kier molecular flexibility index (Phi) is 4.01. The molecule has 1 amide bonds. The lowest BCUT2D eigenvalue weighted by Crippen LogP contribution is -2.26. The van der Waals surface area contributed by atoms with Crippen LogP contribution >= 0.6 is 0 Å². The Labute approximate surface area is 150 Å². The van der Waals surface area contributed by atoms with Gasteiger partial charge in [0.25, 0.3) is 5.91 Å². The average molecular weight is 346 g/mol. The third-order valence-electron chi connectivity index (χ3n) is 4.39. The zero-order valence-electron chi connectivity index (χ0n) is 14.5. The molecule has 2 aromatic carbocycles. The fourth-order valence-corrected chi connectivity index (χ4v) is 2.82. The lowest BCUT2D eigenvalue weighted by Gasteiger charge is -2.13. The first kappa shape index (κ1) is 16.1. The number of benzene rings is 2. The Morgan fingerprint density at radius 2 is 1.96 bits per heavy atom. The number of carbonyl (C=O) groups is 1. The third-order valence-corrected chi connectivity index (χ3v) is 4.39. The minimum Gasteiger partial charge on any atom is -0.355 e. The van der Waals surface area contributed by atoms with Crippen molar-refractivity contribution in [2.75, 3.05) is 0 Å². The van der Waals surface area contributed by atoms with Gasteiger partial charge >= 0.3 is 0 Å². The van der Waals surface area contributed by atoms with Crippen LogP contribution in [-0.4, -0.2) is 21.3 Å². The zero-order valence-corrected chi connectivity index (χ0v) is 14.5. The zero-order chi connectivity index (χ0) is 18.1. The summed E-state index contributed by atoms with van der Waals surface area (Å²) in [6.45, 7) is 3.97. The number of carbonyl (C=O) groups excluding carboxylic acids is 1. The van der Waals surface area contributed by atoms with Crippen LogP contribution in [0.5, 0.6) is 0 Å². The molecule has 0 aliphatic rings. The summed E-state index contributed by atoms with van der Waals surface area (Å²) in [4.78, 5) is 12.5. The van der Waals surface area contributed by atoms with Crippen molar-refractivity contribution >= 4 is 16.8 Å². The molecule has 1 atom stereocenters.